The Morgan fingerprint density at radius 3 is 1.50 bits per heavy atom. The van der Waals surface area contributed by atoms with E-state index in [2.05, 4.69) is 12.6 Å². The molecule has 0 N–H and O–H groups in total. The van der Waals surface area contributed by atoms with Crippen molar-refractivity contribution in [2.45, 2.75) is 4.90 Å². The van der Waals surface area contributed by atoms with Crippen LogP contribution in [0.3, 0.4) is 0 Å². The lowest BCUT2D eigenvalue weighted by molar-refractivity contribution is 0.416. The van der Waals surface area contributed by atoms with Crippen molar-refractivity contribution in [3.05, 3.63) is 29.3 Å². The molecule has 0 spiro atoms. The monoisotopic (exact) mass is 298 g/mol. The van der Waals surface area contributed by atoms with E-state index in [-0.39, 0.29) is 37.3 Å². The maximum atomic E-state index is 12.3. The van der Waals surface area contributed by atoms with Crippen LogP contribution in [0.2, 0.25) is 0 Å². The average Bonchev–Trinajstić information content (AvgIpc) is 1.97. The van der Waals surface area contributed by atoms with Crippen LogP contribution >= 0.6 is 25.0 Å². The molecule has 1 aromatic rings. The molecule has 0 saturated heterocycles. The van der Waals surface area contributed by atoms with Crippen molar-refractivity contribution >= 4 is 25.0 Å². The van der Waals surface area contributed by atoms with E-state index in [4.69, 9.17) is 0 Å². The van der Waals surface area contributed by atoms with Crippen LogP contribution in [0.25, 0.3) is 0 Å². The Kier molecular flexibility index (Phi) is 19.9. The fourth-order valence-corrected chi connectivity index (χ4v) is 0.719. The van der Waals surface area contributed by atoms with Gasteiger partial charge in [0.15, 0.2) is 17.5 Å². The van der Waals surface area contributed by atoms with Gasteiger partial charge in [0.05, 0.1) is 4.90 Å². The standard InChI is InChI=1S/C6H2F4S.ClH.4FH/c7-2-1-3(8)6(11)5(10)4(2)9;;;;;/h1,11H;5*1H. The van der Waals surface area contributed by atoms with Crippen molar-refractivity contribution < 1.29 is 36.4 Å². The minimum absolute atomic E-state index is 0. The number of rotatable bonds is 0. The largest absolute Gasteiger partial charge is 0.269 e. The van der Waals surface area contributed by atoms with Gasteiger partial charge in [0, 0.05) is 6.07 Å². The maximum absolute atomic E-state index is 12.3. The lowest BCUT2D eigenvalue weighted by Crippen LogP contribution is -1.94. The van der Waals surface area contributed by atoms with Gasteiger partial charge in [0.1, 0.15) is 5.82 Å². The van der Waals surface area contributed by atoms with Crippen molar-refractivity contribution in [3.8, 4) is 0 Å². The summed E-state index contributed by atoms with van der Waals surface area (Å²) in [5.41, 5.74) is 0. The fraction of sp³-hybridized carbons (Fsp3) is 0. The smallest absolute Gasteiger partial charge is 0.195 e. The highest BCUT2D eigenvalue weighted by Crippen LogP contribution is 2.21. The second kappa shape index (κ2) is 10.8. The van der Waals surface area contributed by atoms with Crippen LogP contribution in [-0.2, 0) is 0 Å². The highest BCUT2D eigenvalue weighted by Gasteiger charge is 2.15. The SMILES string of the molecule is Cl.F.F.F.F.Fc1cc(F)c(S)c(F)c1F. The van der Waals surface area contributed by atoms with Crippen LogP contribution in [0.15, 0.2) is 11.0 Å². The van der Waals surface area contributed by atoms with Gasteiger partial charge in [0.25, 0.3) is 0 Å². The molecule has 100 valence electrons. The predicted molar refractivity (Wildman–Crippen MR) is 50.8 cm³/mol. The van der Waals surface area contributed by atoms with E-state index in [0.29, 0.717) is 0 Å². The number of hydrogen-bond donors (Lipinski definition) is 1. The second-order valence-corrected chi connectivity index (χ2v) is 2.26. The van der Waals surface area contributed by atoms with E-state index in [0.717, 1.165) is 0 Å². The van der Waals surface area contributed by atoms with Gasteiger partial charge in [-0.15, -0.1) is 25.0 Å². The highest BCUT2D eigenvalue weighted by molar-refractivity contribution is 7.80. The molecule has 0 aliphatic heterocycles. The Morgan fingerprint density at radius 1 is 0.750 bits per heavy atom. The first kappa shape index (κ1) is 29.5. The first-order chi connectivity index (χ1) is 5.04. The molecule has 0 fully saturated rings. The van der Waals surface area contributed by atoms with Crippen molar-refractivity contribution in [2.24, 2.45) is 0 Å². The number of halogens is 9. The third kappa shape index (κ3) is 5.40. The summed E-state index contributed by atoms with van der Waals surface area (Å²) in [6.07, 6.45) is 0. The molecule has 0 aliphatic carbocycles. The number of hydrogen-bond acceptors (Lipinski definition) is 1. The highest BCUT2D eigenvalue weighted by atomic mass is 35.5. The van der Waals surface area contributed by atoms with Crippen LogP contribution in [0.4, 0.5) is 36.4 Å². The molecule has 0 saturated carbocycles. The van der Waals surface area contributed by atoms with Crippen molar-refractivity contribution in [3.63, 3.8) is 0 Å². The first-order valence-corrected chi connectivity index (χ1v) is 3.00. The van der Waals surface area contributed by atoms with Gasteiger partial charge in [-0.2, -0.15) is 0 Å². The Morgan fingerprint density at radius 2 is 1.12 bits per heavy atom. The second-order valence-electron chi connectivity index (χ2n) is 1.82. The molecule has 0 unspecified atom stereocenters. The van der Waals surface area contributed by atoms with Gasteiger partial charge in [-0.25, -0.2) is 17.6 Å². The van der Waals surface area contributed by atoms with E-state index < -0.39 is 28.2 Å². The minimum Gasteiger partial charge on any atom is -0.269 e. The third-order valence-corrected chi connectivity index (χ3v) is 1.50. The van der Waals surface area contributed by atoms with Crippen molar-refractivity contribution in [2.75, 3.05) is 0 Å². The molecule has 0 amide bonds. The molecule has 1 aromatic carbocycles. The Balaban J connectivity index is -0.0000000807. The number of benzene rings is 1. The fourth-order valence-electron chi connectivity index (χ4n) is 0.557. The Hall–Kier alpha value is -0.700. The lowest BCUT2D eigenvalue weighted by atomic mass is 10.3. The van der Waals surface area contributed by atoms with Gasteiger partial charge in [-0.3, -0.25) is 18.8 Å². The molecular weight excluding hydrogens is 292 g/mol. The Labute approximate surface area is 96.3 Å². The molecule has 0 nitrogen and oxygen atoms in total. The molecule has 0 bridgehead atoms. The lowest BCUT2D eigenvalue weighted by Gasteiger charge is -1.98. The van der Waals surface area contributed by atoms with Crippen molar-refractivity contribution in [1.29, 1.82) is 0 Å². The first-order valence-electron chi connectivity index (χ1n) is 2.56. The summed E-state index contributed by atoms with van der Waals surface area (Å²) in [6.45, 7) is 0. The third-order valence-electron chi connectivity index (χ3n) is 1.09. The average molecular weight is 299 g/mol. The molecule has 0 atom stereocenters. The molecule has 0 radical (unpaired) electrons. The zero-order chi connectivity index (χ0) is 8.59. The summed E-state index contributed by atoms with van der Waals surface area (Å²) in [5.74, 6) is -6.09. The van der Waals surface area contributed by atoms with Crippen LogP contribution in [0.5, 0.6) is 0 Å². The summed E-state index contributed by atoms with van der Waals surface area (Å²) in [7, 11) is 0. The zero-order valence-corrected chi connectivity index (χ0v) is 8.79. The summed E-state index contributed by atoms with van der Waals surface area (Å²) in [5, 5.41) is 0. The van der Waals surface area contributed by atoms with Crippen LogP contribution in [0.1, 0.15) is 0 Å². The van der Waals surface area contributed by atoms with E-state index in [1.807, 2.05) is 0 Å². The number of thiol groups is 1. The molecule has 10 heteroatoms. The summed E-state index contributed by atoms with van der Waals surface area (Å²) in [4.78, 5) is -0.816. The molecular formula is C6H7ClF8S. The van der Waals surface area contributed by atoms with Gasteiger partial charge in [-0.05, 0) is 0 Å². The van der Waals surface area contributed by atoms with E-state index >= 15 is 0 Å². The maximum Gasteiger partial charge on any atom is 0.195 e. The summed E-state index contributed by atoms with van der Waals surface area (Å²) < 4.78 is 49.0. The van der Waals surface area contributed by atoms with E-state index in [1.165, 1.54) is 0 Å². The molecule has 1 rings (SSSR count). The van der Waals surface area contributed by atoms with Crippen LogP contribution in [0, 0.1) is 23.3 Å². The summed E-state index contributed by atoms with van der Waals surface area (Å²) in [6, 6.07) is 0.237. The van der Waals surface area contributed by atoms with Crippen LogP contribution < -0.4 is 0 Å². The topological polar surface area (TPSA) is 0 Å². The molecule has 0 heterocycles. The predicted octanol–water partition coefficient (Wildman–Crippen LogP) is 3.56. The quantitative estimate of drug-likeness (QED) is 0.322. The van der Waals surface area contributed by atoms with E-state index in [9.17, 15) is 17.6 Å². The van der Waals surface area contributed by atoms with Crippen molar-refractivity contribution in [1.82, 2.24) is 0 Å². The summed E-state index contributed by atoms with van der Waals surface area (Å²) >= 11 is 3.27. The van der Waals surface area contributed by atoms with Gasteiger partial charge in [0.2, 0.25) is 0 Å². The van der Waals surface area contributed by atoms with Gasteiger partial charge >= 0.3 is 0 Å². The zero-order valence-electron chi connectivity index (χ0n) is 7.08. The van der Waals surface area contributed by atoms with E-state index in [1.54, 1.807) is 0 Å². The van der Waals surface area contributed by atoms with Gasteiger partial charge < -0.3 is 0 Å². The molecule has 16 heavy (non-hydrogen) atoms. The molecule has 0 aliphatic rings. The molecule has 0 aromatic heterocycles. The Bertz CT molecular complexity index is 281. The van der Waals surface area contributed by atoms with Crippen LogP contribution in [-0.4, -0.2) is 0 Å². The normalized spacial score (nSPS) is 7.06. The van der Waals surface area contributed by atoms with Gasteiger partial charge in [-0.1, -0.05) is 0 Å². The minimum atomic E-state index is -1.71.